The summed E-state index contributed by atoms with van der Waals surface area (Å²) in [4.78, 5) is 0. The number of aliphatic hydroxyl groups excluding tert-OH is 1. The molecule has 90 valence electrons. The van der Waals surface area contributed by atoms with Gasteiger partial charge in [0.25, 0.3) is 0 Å². The highest BCUT2D eigenvalue weighted by molar-refractivity contribution is 9.09. The lowest BCUT2D eigenvalue weighted by Gasteiger charge is -2.11. The number of benzene rings is 1. The fraction of sp³-hybridized carbons (Fsp3) is 0.400. The SMILES string of the molecule is OC(CBr)COc1ccc(C(F)(F)F)cc1. The summed E-state index contributed by atoms with van der Waals surface area (Å²) in [5, 5.41) is 9.51. The number of rotatable bonds is 4. The topological polar surface area (TPSA) is 29.5 Å². The third-order valence-electron chi connectivity index (χ3n) is 1.80. The van der Waals surface area contributed by atoms with Crippen LogP contribution < -0.4 is 4.74 Å². The first-order valence-electron chi connectivity index (χ1n) is 4.47. The maximum absolute atomic E-state index is 12.2. The van der Waals surface area contributed by atoms with E-state index in [0.717, 1.165) is 12.1 Å². The molecule has 0 radical (unpaired) electrons. The van der Waals surface area contributed by atoms with Crippen molar-refractivity contribution in [2.75, 3.05) is 11.9 Å². The summed E-state index contributed by atoms with van der Waals surface area (Å²) >= 11 is 3.05. The normalized spacial score (nSPS) is 13.6. The quantitative estimate of drug-likeness (QED) is 0.866. The van der Waals surface area contributed by atoms with Gasteiger partial charge in [-0.25, -0.2) is 0 Å². The minimum atomic E-state index is -4.34. The maximum atomic E-state index is 12.2. The van der Waals surface area contributed by atoms with E-state index in [4.69, 9.17) is 9.84 Å². The lowest BCUT2D eigenvalue weighted by atomic mass is 10.2. The van der Waals surface area contributed by atoms with Gasteiger partial charge in [0, 0.05) is 5.33 Å². The van der Waals surface area contributed by atoms with Gasteiger partial charge in [-0.2, -0.15) is 13.2 Å². The molecule has 0 fully saturated rings. The third kappa shape index (κ3) is 4.02. The summed E-state index contributed by atoms with van der Waals surface area (Å²) in [6.45, 7) is 0.0383. The van der Waals surface area contributed by atoms with Crippen LogP contribution in [0.3, 0.4) is 0 Å². The van der Waals surface area contributed by atoms with Crippen molar-refractivity contribution in [3.8, 4) is 5.75 Å². The second-order valence-electron chi connectivity index (χ2n) is 3.14. The van der Waals surface area contributed by atoms with Gasteiger partial charge < -0.3 is 9.84 Å². The first-order valence-corrected chi connectivity index (χ1v) is 5.59. The molecule has 1 aromatic rings. The fourth-order valence-corrected chi connectivity index (χ4v) is 1.16. The lowest BCUT2D eigenvalue weighted by Crippen LogP contribution is -2.18. The molecule has 0 heterocycles. The predicted molar refractivity (Wildman–Crippen MR) is 56.7 cm³/mol. The van der Waals surface area contributed by atoms with Gasteiger partial charge in [0.2, 0.25) is 0 Å². The summed E-state index contributed by atoms with van der Waals surface area (Å²) < 4.78 is 41.7. The van der Waals surface area contributed by atoms with Crippen LogP contribution in [0.2, 0.25) is 0 Å². The van der Waals surface area contributed by atoms with Gasteiger partial charge in [-0.15, -0.1) is 0 Å². The summed E-state index contributed by atoms with van der Waals surface area (Å²) in [6, 6.07) is 4.33. The number of hydrogen-bond donors (Lipinski definition) is 1. The van der Waals surface area contributed by atoms with Crippen LogP contribution in [0, 0.1) is 0 Å². The van der Waals surface area contributed by atoms with Crippen molar-refractivity contribution in [3.05, 3.63) is 29.8 Å². The Kier molecular flexibility index (Phi) is 4.61. The minimum absolute atomic E-state index is 0.0383. The van der Waals surface area contributed by atoms with Crippen LogP contribution in [0.25, 0.3) is 0 Å². The number of halogens is 4. The Morgan fingerprint density at radius 1 is 1.25 bits per heavy atom. The van der Waals surface area contributed by atoms with Crippen molar-refractivity contribution < 1.29 is 23.0 Å². The third-order valence-corrected chi connectivity index (χ3v) is 2.55. The average molecular weight is 299 g/mol. The van der Waals surface area contributed by atoms with Gasteiger partial charge in [-0.05, 0) is 24.3 Å². The predicted octanol–water partition coefficient (Wildman–Crippen LogP) is 2.84. The van der Waals surface area contributed by atoms with Gasteiger partial charge in [-0.3, -0.25) is 0 Å². The number of hydrogen-bond acceptors (Lipinski definition) is 2. The molecule has 0 aliphatic carbocycles. The molecule has 0 saturated carbocycles. The Hall–Kier alpha value is -0.750. The van der Waals surface area contributed by atoms with E-state index in [-0.39, 0.29) is 6.61 Å². The van der Waals surface area contributed by atoms with Crippen LogP contribution >= 0.6 is 15.9 Å². The first-order chi connectivity index (χ1) is 7.43. The van der Waals surface area contributed by atoms with Crippen LogP contribution in [-0.2, 0) is 6.18 Å². The van der Waals surface area contributed by atoms with Gasteiger partial charge >= 0.3 is 6.18 Å². The zero-order valence-corrected chi connectivity index (χ0v) is 9.75. The van der Waals surface area contributed by atoms with Crippen LogP contribution in [0.5, 0.6) is 5.75 Å². The van der Waals surface area contributed by atoms with Crippen molar-refractivity contribution in [2.45, 2.75) is 12.3 Å². The summed E-state index contributed by atoms with van der Waals surface area (Å²) in [6.07, 6.45) is -5.02. The highest BCUT2D eigenvalue weighted by Gasteiger charge is 2.29. The molecule has 1 unspecified atom stereocenters. The second kappa shape index (κ2) is 5.54. The Balaban J connectivity index is 2.58. The van der Waals surface area contributed by atoms with Crippen LogP contribution in [0.1, 0.15) is 5.56 Å². The Morgan fingerprint density at radius 2 is 1.81 bits per heavy atom. The molecule has 1 atom stereocenters. The first kappa shape index (κ1) is 13.3. The number of aliphatic hydroxyl groups is 1. The van der Waals surface area contributed by atoms with E-state index in [1.807, 2.05) is 0 Å². The molecular formula is C10H10BrF3O2. The van der Waals surface area contributed by atoms with Crippen molar-refractivity contribution in [1.29, 1.82) is 0 Å². The van der Waals surface area contributed by atoms with E-state index in [2.05, 4.69) is 15.9 Å². The lowest BCUT2D eigenvalue weighted by molar-refractivity contribution is -0.137. The summed E-state index contributed by atoms with van der Waals surface area (Å²) in [7, 11) is 0. The van der Waals surface area contributed by atoms with Crippen molar-refractivity contribution in [3.63, 3.8) is 0 Å². The molecule has 6 heteroatoms. The molecule has 16 heavy (non-hydrogen) atoms. The molecular weight excluding hydrogens is 289 g/mol. The van der Waals surface area contributed by atoms with Crippen LogP contribution in [0.15, 0.2) is 24.3 Å². The van der Waals surface area contributed by atoms with Gasteiger partial charge in [0.15, 0.2) is 0 Å². The molecule has 1 aromatic carbocycles. The van der Waals surface area contributed by atoms with E-state index in [1.54, 1.807) is 0 Å². The molecule has 0 aliphatic heterocycles. The zero-order chi connectivity index (χ0) is 12.2. The molecule has 0 spiro atoms. The minimum Gasteiger partial charge on any atom is -0.491 e. The fourth-order valence-electron chi connectivity index (χ4n) is 0.977. The van der Waals surface area contributed by atoms with Crippen LogP contribution in [-0.4, -0.2) is 23.1 Å². The largest absolute Gasteiger partial charge is 0.491 e. The maximum Gasteiger partial charge on any atom is 0.416 e. The second-order valence-corrected chi connectivity index (χ2v) is 3.79. The molecule has 0 aromatic heterocycles. The number of ether oxygens (including phenoxy) is 1. The van der Waals surface area contributed by atoms with Gasteiger partial charge in [-0.1, -0.05) is 15.9 Å². The molecule has 0 bridgehead atoms. The van der Waals surface area contributed by atoms with E-state index in [0.29, 0.717) is 11.1 Å². The molecule has 1 rings (SSSR count). The zero-order valence-electron chi connectivity index (χ0n) is 8.17. The Bertz CT molecular complexity index is 324. The monoisotopic (exact) mass is 298 g/mol. The van der Waals surface area contributed by atoms with Gasteiger partial charge in [0.05, 0.1) is 11.7 Å². The highest BCUT2D eigenvalue weighted by Crippen LogP contribution is 2.30. The smallest absolute Gasteiger partial charge is 0.416 e. The van der Waals surface area contributed by atoms with Crippen molar-refractivity contribution in [2.24, 2.45) is 0 Å². The highest BCUT2D eigenvalue weighted by atomic mass is 79.9. The van der Waals surface area contributed by atoms with Crippen molar-refractivity contribution in [1.82, 2.24) is 0 Å². The molecule has 0 saturated heterocycles. The van der Waals surface area contributed by atoms with Crippen molar-refractivity contribution >= 4 is 15.9 Å². The summed E-state index contributed by atoms with van der Waals surface area (Å²) in [5.41, 5.74) is -0.721. The average Bonchev–Trinajstić information content (AvgIpc) is 2.25. The van der Waals surface area contributed by atoms with Gasteiger partial charge in [0.1, 0.15) is 12.4 Å². The molecule has 1 N–H and O–H groups in total. The molecule has 2 nitrogen and oxygen atoms in total. The van der Waals surface area contributed by atoms with E-state index >= 15 is 0 Å². The summed E-state index contributed by atoms with van der Waals surface area (Å²) in [5.74, 6) is 0.299. The van der Waals surface area contributed by atoms with E-state index in [1.165, 1.54) is 12.1 Å². The molecule has 0 amide bonds. The molecule has 0 aliphatic rings. The van der Waals surface area contributed by atoms with Crippen LogP contribution in [0.4, 0.5) is 13.2 Å². The van der Waals surface area contributed by atoms with E-state index < -0.39 is 17.8 Å². The Labute approximate surface area is 99.2 Å². The number of alkyl halides is 4. The van der Waals surface area contributed by atoms with E-state index in [9.17, 15) is 13.2 Å². The Morgan fingerprint density at radius 3 is 2.25 bits per heavy atom. The standard InChI is InChI=1S/C10H10BrF3O2/c11-5-8(15)6-16-9-3-1-7(2-4-9)10(12,13)14/h1-4,8,15H,5-6H2.